The number of rotatable bonds is 5. The molecule has 1 amide bonds. The lowest BCUT2D eigenvalue weighted by molar-refractivity contribution is -0.131. The topological polar surface area (TPSA) is 70.5 Å². The minimum Gasteiger partial charge on any atom is -0.478 e. The summed E-state index contributed by atoms with van der Waals surface area (Å²) in [6.45, 7) is 0.426. The third-order valence-corrected chi connectivity index (χ3v) is 3.63. The molecule has 108 valence electrons. The molecule has 5 nitrogen and oxygen atoms in total. The van der Waals surface area contributed by atoms with Crippen LogP contribution in [0.25, 0.3) is 6.08 Å². The Kier molecular flexibility index (Phi) is 4.84. The zero-order valence-electron chi connectivity index (χ0n) is 11.4. The van der Waals surface area contributed by atoms with Crippen molar-refractivity contribution < 1.29 is 14.7 Å². The summed E-state index contributed by atoms with van der Waals surface area (Å²) in [7, 11) is 1.71. The number of carboxylic acid groups (broad SMARTS) is 1. The molecule has 0 aromatic carbocycles. The standard InChI is InChI=1S/C15H14N2O3S/c1-17(9-12-4-2-3-7-16-12)15(20)11-8-13(21-10-11)5-6-14(18)19/h2-8,10H,9H2,1H3,(H,18,19). The minimum atomic E-state index is -1.01. The van der Waals surface area contributed by atoms with E-state index in [2.05, 4.69) is 4.98 Å². The first-order chi connectivity index (χ1) is 10.1. The van der Waals surface area contributed by atoms with Gasteiger partial charge in [-0.25, -0.2) is 4.79 Å². The number of carboxylic acids is 1. The van der Waals surface area contributed by atoms with Gasteiger partial charge in [0.15, 0.2) is 0 Å². The predicted octanol–water partition coefficient (Wildman–Crippen LogP) is 2.51. The summed E-state index contributed by atoms with van der Waals surface area (Å²) < 4.78 is 0. The SMILES string of the molecule is CN(Cc1ccccn1)C(=O)c1csc(C=CC(=O)O)c1. The number of amides is 1. The van der Waals surface area contributed by atoms with Crippen LogP contribution in [0.3, 0.4) is 0 Å². The molecule has 21 heavy (non-hydrogen) atoms. The fraction of sp³-hybridized carbons (Fsp3) is 0.133. The molecule has 0 saturated carbocycles. The van der Waals surface area contributed by atoms with Crippen LogP contribution in [0, 0.1) is 0 Å². The Bertz CT molecular complexity index is 665. The van der Waals surface area contributed by atoms with Crippen molar-refractivity contribution in [3.05, 3.63) is 58.1 Å². The minimum absolute atomic E-state index is 0.119. The monoisotopic (exact) mass is 302 g/mol. The van der Waals surface area contributed by atoms with Gasteiger partial charge in [0.2, 0.25) is 0 Å². The molecule has 0 saturated heterocycles. The first-order valence-corrected chi connectivity index (χ1v) is 7.09. The number of thiophene rings is 1. The second-order valence-corrected chi connectivity index (χ2v) is 5.33. The lowest BCUT2D eigenvalue weighted by Crippen LogP contribution is -2.26. The van der Waals surface area contributed by atoms with Gasteiger partial charge in [-0.05, 0) is 24.3 Å². The second-order valence-electron chi connectivity index (χ2n) is 4.39. The van der Waals surface area contributed by atoms with Gasteiger partial charge >= 0.3 is 5.97 Å². The zero-order valence-corrected chi connectivity index (χ0v) is 12.2. The number of aliphatic carboxylic acids is 1. The molecule has 0 atom stereocenters. The molecule has 0 unspecified atom stereocenters. The van der Waals surface area contributed by atoms with Crippen LogP contribution < -0.4 is 0 Å². The van der Waals surface area contributed by atoms with E-state index in [1.54, 1.807) is 29.6 Å². The summed E-state index contributed by atoms with van der Waals surface area (Å²) in [5.41, 5.74) is 1.36. The van der Waals surface area contributed by atoms with Gasteiger partial charge < -0.3 is 10.0 Å². The molecular weight excluding hydrogens is 288 g/mol. The maximum atomic E-state index is 12.3. The smallest absolute Gasteiger partial charge is 0.328 e. The molecule has 0 aliphatic carbocycles. The van der Waals surface area contributed by atoms with Gasteiger partial charge in [-0.2, -0.15) is 0 Å². The number of pyridine rings is 1. The van der Waals surface area contributed by atoms with Crippen LogP contribution >= 0.6 is 11.3 Å². The number of aromatic nitrogens is 1. The van der Waals surface area contributed by atoms with Gasteiger partial charge in [-0.1, -0.05) is 6.07 Å². The third kappa shape index (κ3) is 4.25. The number of carbonyl (C=O) groups excluding carboxylic acids is 1. The van der Waals surface area contributed by atoms with Gasteiger partial charge in [0.05, 0.1) is 17.8 Å². The molecule has 0 bridgehead atoms. The van der Waals surface area contributed by atoms with E-state index in [0.717, 1.165) is 16.6 Å². The molecule has 2 aromatic heterocycles. The van der Waals surface area contributed by atoms with Crippen LogP contribution in [-0.4, -0.2) is 33.9 Å². The summed E-state index contributed by atoms with van der Waals surface area (Å²) >= 11 is 1.33. The summed E-state index contributed by atoms with van der Waals surface area (Å²) in [5.74, 6) is -1.13. The first-order valence-electron chi connectivity index (χ1n) is 6.21. The summed E-state index contributed by atoms with van der Waals surface area (Å²) in [5, 5.41) is 10.3. The highest BCUT2D eigenvalue weighted by atomic mass is 32.1. The van der Waals surface area contributed by atoms with Crippen molar-refractivity contribution in [2.45, 2.75) is 6.54 Å². The van der Waals surface area contributed by atoms with Crippen molar-refractivity contribution in [1.82, 2.24) is 9.88 Å². The van der Waals surface area contributed by atoms with Gasteiger partial charge in [0.1, 0.15) is 0 Å². The molecule has 1 N–H and O–H groups in total. The Hall–Kier alpha value is -2.47. The predicted molar refractivity (Wildman–Crippen MR) is 81.0 cm³/mol. The Labute approximate surface area is 126 Å². The maximum Gasteiger partial charge on any atom is 0.328 e. The number of nitrogens with zero attached hydrogens (tertiary/aromatic N) is 2. The molecule has 0 fully saturated rings. The van der Waals surface area contributed by atoms with Crippen LogP contribution in [0.1, 0.15) is 20.9 Å². The fourth-order valence-corrected chi connectivity index (χ4v) is 2.51. The van der Waals surface area contributed by atoms with Crippen LogP contribution in [0.15, 0.2) is 41.9 Å². The summed E-state index contributed by atoms with van der Waals surface area (Å²) in [4.78, 5) is 29.2. The molecule has 2 heterocycles. The normalized spacial score (nSPS) is 10.7. The highest BCUT2D eigenvalue weighted by Gasteiger charge is 2.14. The van der Waals surface area contributed by atoms with Gasteiger partial charge in [-0.15, -0.1) is 11.3 Å². The van der Waals surface area contributed by atoms with Crippen molar-refractivity contribution in [1.29, 1.82) is 0 Å². The average Bonchev–Trinajstić information content (AvgIpc) is 2.94. The van der Waals surface area contributed by atoms with E-state index in [1.807, 2.05) is 18.2 Å². The third-order valence-electron chi connectivity index (χ3n) is 2.73. The van der Waals surface area contributed by atoms with Crippen LogP contribution in [-0.2, 0) is 11.3 Å². The lowest BCUT2D eigenvalue weighted by Gasteiger charge is -2.15. The summed E-state index contributed by atoms with van der Waals surface area (Å²) in [6.07, 6.45) is 4.22. The Morgan fingerprint density at radius 1 is 1.43 bits per heavy atom. The molecule has 0 radical (unpaired) electrons. The Morgan fingerprint density at radius 2 is 2.24 bits per heavy atom. The van der Waals surface area contributed by atoms with E-state index >= 15 is 0 Å². The maximum absolute atomic E-state index is 12.3. The van der Waals surface area contributed by atoms with E-state index in [0.29, 0.717) is 12.1 Å². The molecule has 2 rings (SSSR count). The van der Waals surface area contributed by atoms with Crippen molar-refractivity contribution in [2.24, 2.45) is 0 Å². The van der Waals surface area contributed by atoms with E-state index in [9.17, 15) is 9.59 Å². The zero-order chi connectivity index (χ0) is 15.2. The Balaban J connectivity index is 2.04. The van der Waals surface area contributed by atoms with Gasteiger partial charge in [0.25, 0.3) is 5.91 Å². The Morgan fingerprint density at radius 3 is 2.90 bits per heavy atom. The van der Waals surface area contributed by atoms with Gasteiger partial charge in [0, 0.05) is 29.6 Å². The molecule has 2 aromatic rings. The largest absolute Gasteiger partial charge is 0.478 e. The summed E-state index contributed by atoms with van der Waals surface area (Å²) in [6, 6.07) is 7.24. The first kappa shape index (κ1) is 14.9. The fourth-order valence-electron chi connectivity index (χ4n) is 1.73. The van der Waals surface area contributed by atoms with Crippen molar-refractivity contribution in [3.63, 3.8) is 0 Å². The van der Waals surface area contributed by atoms with E-state index < -0.39 is 5.97 Å². The van der Waals surface area contributed by atoms with Crippen molar-refractivity contribution in [3.8, 4) is 0 Å². The molecular formula is C15H14N2O3S. The number of hydrogen-bond donors (Lipinski definition) is 1. The highest BCUT2D eigenvalue weighted by molar-refractivity contribution is 7.11. The van der Waals surface area contributed by atoms with E-state index in [1.165, 1.54) is 17.4 Å². The molecule has 0 aliphatic rings. The van der Waals surface area contributed by atoms with Crippen molar-refractivity contribution >= 4 is 29.3 Å². The van der Waals surface area contributed by atoms with Crippen molar-refractivity contribution in [2.75, 3.05) is 7.05 Å². The second kappa shape index (κ2) is 6.81. The highest BCUT2D eigenvalue weighted by Crippen LogP contribution is 2.18. The van der Waals surface area contributed by atoms with E-state index in [-0.39, 0.29) is 5.91 Å². The molecule has 0 aliphatic heterocycles. The van der Waals surface area contributed by atoms with Gasteiger partial charge in [-0.3, -0.25) is 9.78 Å². The van der Waals surface area contributed by atoms with E-state index in [4.69, 9.17) is 5.11 Å². The lowest BCUT2D eigenvalue weighted by atomic mass is 10.2. The molecule has 6 heteroatoms. The number of carbonyl (C=O) groups is 2. The number of hydrogen-bond acceptors (Lipinski definition) is 4. The van der Waals surface area contributed by atoms with Crippen LogP contribution in [0.4, 0.5) is 0 Å². The van der Waals surface area contributed by atoms with Crippen LogP contribution in [0.2, 0.25) is 0 Å². The molecule has 0 spiro atoms. The average molecular weight is 302 g/mol. The quantitative estimate of drug-likeness (QED) is 0.862. The van der Waals surface area contributed by atoms with Crippen LogP contribution in [0.5, 0.6) is 0 Å².